The van der Waals surface area contributed by atoms with E-state index in [9.17, 15) is 9.50 Å². The molecule has 4 fully saturated rings. The van der Waals surface area contributed by atoms with Gasteiger partial charge in [-0.1, -0.05) is 18.6 Å². The zero-order chi connectivity index (χ0) is 31.2. The van der Waals surface area contributed by atoms with Crippen LogP contribution in [0.4, 0.5) is 24.7 Å². The fourth-order valence-corrected chi connectivity index (χ4v) is 7.49. The Morgan fingerprint density at radius 3 is 2.87 bits per heavy atom. The number of hydrogen-bond acceptors (Lipinski definition) is 8. The number of rotatable bonds is 0. The zero-order valence-corrected chi connectivity index (χ0v) is 29.6. The van der Waals surface area contributed by atoms with E-state index in [1.165, 1.54) is 18.7 Å². The average molecular weight is 854 g/mol. The van der Waals surface area contributed by atoms with Crippen LogP contribution in [0, 0.1) is 61.9 Å². The number of nitrogens with zero attached hydrogens (tertiary/aromatic N) is 6. The van der Waals surface area contributed by atoms with Gasteiger partial charge in [0.05, 0.1) is 24.8 Å². The number of aryl methyl sites for hydroxylation is 1. The summed E-state index contributed by atoms with van der Waals surface area (Å²) in [5.41, 5.74) is 8.19. The van der Waals surface area contributed by atoms with Gasteiger partial charge in [-0.05, 0) is 48.3 Å². The van der Waals surface area contributed by atoms with Crippen LogP contribution in [0.2, 0.25) is 0 Å². The second-order valence-electron chi connectivity index (χ2n) is 12.5. The van der Waals surface area contributed by atoms with Crippen LogP contribution in [-0.4, -0.2) is 75.3 Å². The summed E-state index contributed by atoms with van der Waals surface area (Å²) in [6, 6.07) is 10.3. The normalized spacial score (nSPS) is 27.7. The van der Waals surface area contributed by atoms with Gasteiger partial charge in [-0.2, -0.15) is 20.8 Å². The third-order valence-corrected chi connectivity index (χ3v) is 9.90. The topological polar surface area (TPSA) is 105 Å². The predicted octanol–water partition coefficient (Wildman–Crippen LogP) is 5.52. The number of fused-ring (bicyclic) bond motifs is 2. The molecule has 0 amide bonds. The largest absolute Gasteiger partial charge is 0.479 e. The molecule has 5 atom stereocenters. The number of alkyl halides is 2. The Labute approximate surface area is 287 Å². The SMILES string of the molecule is C[C@@H]1[C@H](F)C[C-]2CCCN21.Cc1ccc2cc(N)cc3c2c1C#[N+][C@]1(F)[C@@H]2COCCN(c4nc(O)nc5c(F)c-3ncc45)[C@@H]21.[U]. The van der Waals surface area contributed by atoms with Gasteiger partial charge < -0.3 is 25.4 Å². The Morgan fingerprint density at radius 2 is 2.07 bits per heavy atom. The molecule has 10 rings (SSSR count). The van der Waals surface area contributed by atoms with Crippen molar-refractivity contribution < 1.29 is 54.1 Å². The van der Waals surface area contributed by atoms with E-state index in [-0.39, 0.29) is 72.7 Å². The van der Waals surface area contributed by atoms with Crippen LogP contribution in [-0.2, 0) is 4.74 Å². The van der Waals surface area contributed by atoms with E-state index < -0.39 is 35.8 Å². The summed E-state index contributed by atoms with van der Waals surface area (Å²) >= 11 is 0. The standard InChI is InChI=1S/C25H18F2N6O2.C8H13FN.U/c1-11-2-3-12-6-13(28)7-14-18(12)15(11)9-30-25(27)17-10-35-5-4-33(22(17)25)23-16-8-29-20(14)19(26)21(16)31-24(34)32-23;1-6-8(9)5-7-3-2-4-10(6)7;/h2-3,6-8,17,22H,4-5,10,28H2,1H3;6,8H,2-5H2,1H3;/q;-1;/p+1/t17-,22+,25-;6-,8-;/m11./s1. The van der Waals surface area contributed by atoms with Crippen LogP contribution in [0.5, 0.6) is 6.01 Å². The summed E-state index contributed by atoms with van der Waals surface area (Å²) in [7, 11) is 0. The fourth-order valence-electron chi connectivity index (χ4n) is 7.49. The minimum absolute atomic E-state index is 0. The molecular weight excluding hydrogens is 821 g/mol. The first-order chi connectivity index (χ1) is 21.7. The minimum atomic E-state index is -1.99. The van der Waals surface area contributed by atoms with Crippen molar-refractivity contribution in [1.29, 1.82) is 0 Å². The maximum atomic E-state index is 16.3. The van der Waals surface area contributed by atoms with Crippen molar-refractivity contribution in [2.45, 2.75) is 57.2 Å². The Morgan fingerprint density at radius 1 is 1.24 bits per heavy atom. The van der Waals surface area contributed by atoms with Crippen LogP contribution in [0.15, 0.2) is 30.5 Å². The van der Waals surface area contributed by atoms with Gasteiger partial charge in [0.1, 0.15) is 28.5 Å². The third kappa shape index (κ3) is 4.83. The smallest absolute Gasteiger partial charge is 0.445 e. The van der Waals surface area contributed by atoms with E-state index >= 15 is 8.78 Å². The van der Waals surface area contributed by atoms with Crippen molar-refractivity contribution in [3.63, 3.8) is 0 Å². The van der Waals surface area contributed by atoms with Gasteiger partial charge in [0.25, 0.3) is 0 Å². The van der Waals surface area contributed by atoms with Gasteiger partial charge in [-0.3, -0.25) is 4.98 Å². The minimum Gasteiger partial charge on any atom is -0.479 e. The number of aromatic hydroxyl groups is 1. The molecule has 13 heteroatoms. The van der Waals surface area contributed by atoms with E-state index in [1.807, 2.05) is 26.0 Å². The summed E-state index contributed by atoms with van der Waals surface area (Å²) in [5.74, 6) is -3.11. The second kappa shape index (κ2) is 11.5. The Balaban J connectivity index is 0.000000262. The Bertz CT molecular complexity index is 1950. The van der Waals surface area contributed by atoms with Crippen molar-refractivity contribution in [1.82, 2.24) is 19.9 Å². The van der Waals surface area contributed by atoms with Crippen molar-refractivity contribution in [3.8, 4) is 23.3 Å². The molecule has 1 aliphatic carbocycles. The average Bonchev–Trinajstić information content (AvgIpc) is 3.26. The second-order valence-corrected chi connectivity index (χ2v) is 12.5. The molecule has 7 heterocycles. The summed E-state index contributed by atoms with van der Waals surface area (Å²) in [6.07, 6.45) is 3.96. The van der Waals surface area contributed by atoms with E-state index in [1.54, 1.807) is 17.0 Å². The number of nitrogen functional groups attached to an aromatic ring is 1. The Hall–Kier alpha value is -3.16. The number of aromatic nitrogens is 3. The molecule has 5 aliphatic heterocycles. The number of halogens is 3. The predicted molar refractivity (Wildman–Crippen MR) is 165 cm³/mol. The quantitative estimate of drug-likeness (QED) is 0.136. The first-order valence-corrected chi connectivity index (χ1v) is 15.3. The number of hydrogen-bond donors (Lipinski definition) is 2. The van der Waals surface area contributed by atoms with Crippen LogP contribution in [0.25, 0.3) is 37.8 Å². The van der Waals surface area contributed by atoms with E-state index in [4.69, 9.17) is 10.5 Å². The number of ether oxygens (including phenoxy) is 1. The van der Waals surface area contributed by atoms with E-state index in [2.05, 4.69) is 30.8 Å². The zero-order valence-electron chi connectivity index (χ0n) is 25.4. The molecule has 0 radical (unpaired) electrons. The first kappa shape index (κ1) is 31.4. The van der Waals surface area contributed by atoms with Gasteiger partial charge in [0, 0.05) is 66.5 Å². The number of pyridine rings is 1. The van der Waals surface area contributed by atoms with Crippen molar-refractivity contribution in [2.24, 2.45) is 5.92 Å². The molecule has 2 aromatic heterocycles. The number of anilines is 2. The third-order valence-electron chi connectivity index (χ3n) is 9.90. The van der Waals surface area contributed by atoms with Gasteiger partial charge >= 0.3 is 17.9 Å². The first-order valence-electron chi connectivity index (χ1n) is 15.3. The summed E-state index contributed by atoms with van der Waals surface area (Å²) in [4.78, 5) is 20.8. The van der Waals surface area contributed by atoms with Crippen LogP contribution in [0.3, 0.4) is 0 Å². The molecule has 46 heavy (non-hydrogen) atoms. The Kier molecular flexibility index (Phi) is 7.87. The van der Waals surface area contributed by atoms with E-state index in [0.717, 1.165) is 18.5 Å². The summed E-state index contributed by atoms with van der Waals surface area (Å²) < 4.78 is 51.0. The van der Waals surface area contributed by atoms with E-state index in [0.29, 0.717) is 40.6 Å². The summed E-state index contributed by atoms with van der Waals surface area (Å²) in [5, 5.41) is 11.9. The van der Waals surface area contributed by atoms with Gasteiger partial charge in [0.2, 0.25) is 0 Å². The molecule has 1 saturated carbocycles. The van der Waals surface area contributed by atoms with Crippen LogP contribution >= 0.6 is 0 Å². The monoisotopic (exact) mass is 853 g/mol. The maximum Gasteiger partial charge on any atom is 0.445 e. The van der Waals surface area contributed by atoms with Gasteiger partial charge in [-0.25, -0.2) is 14.8 Å². The fraction of sp³-hybridized carbons (Fsp3) is 0.424. The molecule has 9 nitrogen and oxygen atoms in total. The molecule has 4 bridgehead atoms. The van der Waals surface area contributed by atoms with Crippen molar-refractivity contribution >= 4 is 33.2 Å². The molecular formula is C33H32F3N7O2U. The molecule has 3 N–H and O–H groups in total. The van der Waals surface area contributed by atoms with Crippen LogP contribution < -0.4 is 10.6 Å². The van der Waals surface area contributed by atoms with Gasteiger partial charge in [-0.15, -0.1) is 6.42 Å². The molecule has 0 spiro atoms. The van der Waals surface area contributed by atoms with Crippen molar-refractivity contribution in [2.75, 3.05) is 36.9 Å². The number of nitrogens with two attached hydrogens (primary N) is 1. The molecule has 4 aromatic rings. The summed E-state index contributed by atoms with van der Waals surface area (Å²) in [6.45, 7) is 5.72. The van der Waals surface area contributed by atoms with Crippen molar-refractivity contribution in [3.05, 3.63) is 58.3 Å². The maximum absolute atomic E-state index is 16.3. The number of benzene rings is 2. The van der Waals surface area contributed by atoms with Crippen LogP contribution in [0.1, 0.15) is 37.3 Å². The molecule has 236 valence electrons. The molecule has 0 unspecified atom stereocenters. The molecule has 3 saturated heterocycles. The van der Waals surface area contributed by atoms with Gasteiger partial charge in [0.15, 0.2) is 11.9 Å². The molecule has 6 aliphatic rings. The molecule has 2 aromatic carbocycles.